The molecule has 11 amide bonds. The van der Waals surface area contributed by atoms with Crippen LogP contribution in [0.4, 0.5) is 0 Å². The minimum Gasteiger partial charge on any atom is -0.391 e. The van der Waals surface area contributed by atoms with Crippen LogP contribution < -0.4 is 21.3 Å². The molecule has 1 aliphatic heterocycles. The van der Waals surface area contributed by atoms with E-state index < -0.39 is 156 Å². The number of hydrogen-bond acceptors (Lipinski definition) is 12. The Morgan fingerprint density at radius 2 is 0.941 bits per heavy atom. The molecule has 1 aliphatic rings. The molecule has 0 spiro atoms. The fourth-order valence-electron chi connectivity index (χ4n) is 11.0. The van der Waals surface area contributed by atoms with Gasteiger partial charge in [0, 0.05) is 48.8 Å². The molecule has 5 N–H and O–H groups in total. The van der Waals surface area contributed by atoms with E-state index in [2.05, 4.69) is 21.3 Å². The molecule has 0 aromatic carbocycles. The number of rotatable bonds is 15. The number of carbonyl (C=O) groups is 11. The number of nitrogens with one attached hydrogen (secondary N) is 4. The molecule has 23 heteroatoms. The molecular weight excluding hydrogens is 1090 g/mol. The lowest BCUT2D eigenvalue weighted by Gasteiger charge is -2.41. The van der Waals surface area contributed by atoms with Crippen LogP contribution in [0.3, 0.4) is 0 Å². The Bertz CT molecular complexity index is 2330. The molecule has 0 aromatic heterocycles. The average molecular weight is 1200 g/mol. The summed E-state index contributed by atoms with van der Waals surface area (Å²) in [5, 5.41) is 22.6. The predicted octanol–water partition coefficient (Wildman–Crippen LogP) is 3.27. The number of aliphatic hydroxyl groups is 1. The summed E-state index contributed by atoms with van der Waals surface area (Å²) in [5.41, 5.74) is 0. The molecule has 1 heterocycles. The first-order valence-electron chi connectivity index (χ1n) is 30.7. The number of aliphatic hydroxyl groups excluding tert-OH is 1. The zero-order chi connectivity index (χ0) is 66.0. The molecule has 486 valence electrons. The van der Waals surface area contributed by atoms with Crippen molar-refractivity contribution < 1.29 is 57.8 Å². The van der Waals surface area contributed by atoms with Gasteiger partial charge in [-0.25, -0.2) is 0 Å². The van der Waals surface area contributed by atoms with Gasteiger partial charge in [0.25, 0.3) is 0 Å². The van der Waals surface area contributed by atoms with Crippen LogP contribution in [-0.2, 0) is 52.7 Å². The van der Waals surface area contributed by atoms with Gasteiger partial charge in [-0.15, -0.1) is 0 Å². The van der Waals surface area contributed by atoms with Gasteiger partial charge in [-0.2, -0.15) is 0 Å². The number of hydrogen-bond donors (Lipinski definition) is 5. The Morgan fingerprint density at radius 1 is 0.494 bits per heavy atom. The highest BCUT2D eigenvalue weighted by Gasteiger charge is 2.46. The van der Waals surface area contributed by atoms with Gasteiger partial charge in [-0.1, -0.05) is 102 Å². The molecule has 1 rings (SSSR count). The quantitative estimate of drug-likeness (QED) is 0.148. The van der Waals surface area contributed by atoms with Gasteiger partial charge in [0.1, 0.15) is 60.4 Å². The molecule has 85 heavy (non-hydrogen) atoms. The molecule has 0 radical (unpaired) electrons. The third-order valence-corrected chi connectivity index (χ3v) is 16.4. The standard InChI is InChI=1S/C62H111N11O12/c1-25-28-29-39(14)40(15)51-56(79)65-44(26-2)58(81)67(19)33-48(75)73(27-3)50(38(12)13)55(78)66-49(37(10)11)61(84)68(20)45(30-34(4)5)54(77)63-41(16)53(76)64-42(17)57(80)69(21)46(31-35(6)7)59(82)70(22)47(32-36(8)9)60(83)72(24)52(43(18)74)62(85)71(51)23/h25,28,34-47,49-52,74H,26-27,29-33H2,1-24H3,(H,63,77)(H,64,76)(H,65,79)(H,66,78)/b28-25+/t39-,40+,41+,42+,43?,44+,45+,46+,47+,49+,50+,51-,52+/m1/s1. The van der Waals surface area contributed by atoms with Gasteiger partial charge in [0.2, 0.25) is 65.0 Å². The lowest BCUT2D eigenvalue weighted by atomic mass is 9.84. The van der Waals surface area contributed by atoms with Crippen LogP contribution in [0, 0.1) is 41.4 Å². The van der Waals surface area contributed by atoms with Crippen molar-refractivity contribution in [3.8, 4) is 0 Å². The summed E-state index contributed by atoms with van der Waals surface area (Å²) in [7, 11) is 8.44. The second-order valence-corrected chi connectivity index (χ2v) is 25.7. The smallest absolute Gasteiger partial charge is 0.248 e. The fraction of sp³-hybridized carbons (Fsp3) is 0.790. The molecule has 23 nitrogen and oxygen atoms in total. The van der Waals surface area contributed by atoms with Crippen LogP contribution in [0.5, 0.6) is 0 Å². The Balaban J connectivity index is 4.34. The van der Waals surface area contributed by atoms with Crippen molar-refractivity contribution in [3.63, 3.8) is 0 Å². The lowest BCUT2D eigenvalue weighted by Crippen LogP contribution is -2.63. The van der Waals surface area contributed by atoms with E-state index in [-0.39, 0.29) is 55.9 Å². The van der Waals surface area contributed by atoms with Crippen molar-refractivity contribution in [1.82, 2.24) is 55.6 Å². The summed E-state index contributed by atoms with van der Waals surface area (Å²) in [6, 6.07) is -12.4. The van der Waals surface area contributed by atoms with Crippen LogP contribution in [0.2, 0.25) is 0 Å². The maximum atomic E-state index is 15.1. The van der Waals surface area contributed by atoms with E-state index in [1.807, 2.05) is 67.5 Å². The summed E-state index contributed by atoms with van der Waals surface area (Å²) in [6.07, 6.45) is 3.26. The van der Waals surface area contributed by atoms with E-state index in [9.17, 15) is 48.3 Å². The van der Waals surface area contributed by atoms with E-state index >= 15 is 9.59 Å². The molecule has 0 aromatic rings. The SMILES string of the molecule is C/C=C/C[C@@H](C)[C@H](C)[C@@H]1C(=O)N[C@@H](CC)C(=O)N(C)CC(=O)N(CC)[C@@H](C(C)C)C(=O)N[C@@H](C(C)C)C(=O)N(C)[C@@H](CC(C)C)C(=O)N[C@@H](C)C(=O)N[C@@H](C)C(=O)N(C)[C@@H](CC(C)C)C(=O)N(C)[C@@H](CC(C)C)C(=O)N(C)[C@@H](C(C)O)C(=O)N1C. The first kappa shape index (κ1) is 76.9. The van der Waals surface area contributed by atoms with Gasteiger partial charge >= 0.3 is 0 Å². The second-order valence-electron chi connectivity index (χ2n) is 25.7. The molecule has 0 saturated carbocycles. The number of likely N-dealkylation sites (N-methyl/N-ethyl adjacent to an activating group) is 7. The fourth-order valence-corrected chi connectivity index (χ4v) is 11.0. The zero-order valence-corrected chi connectivity index (χ0v) is 56.1. The number of carbonyl (C=O) groups excluding carboxylic acids is 11. The largest absolute Gasteiger partial charge is 0.391 e. The summed E-state index contributed by atoms with van der Waals surface area (Å²) in [4.78, 5) is 169. The van der Waals surface area contributed by atoms with Gasteiger partial charge in [0.05, 0.1) is 12.6 Å². The third kappa shape index (κ3) is 21.1. The van der Waals surface area contributed by atoms with Crippen molar-refractivity contribution in [2.24, 2.45) is 41.4 Å². The Hall–Kier alpha value is -6.13. The third-order valence-electron chi connectivity index (χ3n) is 16.4. The van der Waals surface area contributed by atoms with Crippen molar-refractivity contribution in [2.45, 2.75) is 223 Å². The van der Waals surface area contributed by atoms with E-state index in [1.54, 1.807) is 48.5 Å². The highest BCUT2D eigenvalue weighted by molar-refractivity contribution is 5.99. The van der Waals surface area contributed by atoms with Crippen molar-refractivity contribution in [1.29, 1.82) is 0 Å². The molecule has 1 fully saturated rings. The lowest BCUT2D eigenvalue weighted by molar-refractivity contribution is -0.158. The molecule has 0 bridgehead atoms. The Morgan fingerprint density at radius 3 is 1.39 bits per heavy atom. The van der Waals surface area contributed by atoms with Crippen LogP contribution in [0.25, 0.3) is 0 Å². The summed E-state index contributed by atoms with van der Waals surface area (Å²) in [6.45, 7) is 30.7. The zero-order valence-electron chi connectivity index (χ0n) is 56.1. The van der Waals surface area contributed by atoms with E-state index in [4.69, 9.17) is 0 Å². The Labute approximate surface area is 508 Å². The van der Waals surface area contributed by atoms with E-state index in [0.29, 0.717) is 6.42 Å². The van der Waals surface area contributed by atoms with Gasteiger partial charge in [-0.3, -0.25) is 52.7 Å². The van der Waals surface area contributed by atoms with Crippen LogP contribution >= 0.6 is 0 Å². The predicted molar refractivity (Wildman–Crippen MR) is 328 cm³/mol. The normalized spacial score (nSPS) is 27.2. The average Bonchev–Trinajstić information content (AvgIpc) is 3.56. The highest BCUT2D eigenvalue weighted by Crippen LogP contribution is 2.27. The Kier molecular flexibility index (Phi) is 31.5. The van der Waals surface area contributed by atoms with Crippen LogP contribution in [0.1, 0.15) is 157 Å². The van der Waals surface area contributed by atoms with Gasteiger partial charge in [-0.05, 0) is 108 Å². The number of amides is 11. The van der Waals surface area contributed by atoms with Gasteiger partial charge < -0.3 is 60.7 Å². The van der Waals surface area contributed by atoms with E-state index in [0.717, 1.165) is 9.80 Å². The minimum atomic E-state index is -1.59. The molecule has 1 unspecified atom stereocenters. The van der Waals surface area contributed by atoms with Crippen molar-refractivity contribution in [2.75, 3.05) is 55.4 Å². The van der Waals surface area contributed by atoms with Crippen LogP contribution in [-0.4, -0.2) is 226 Å². The molecule has 13 atom stereocenters. The van der Waals surface area contributed by atoms with Gasteiger partial charge in [0.15, 0.2) is 0 Å². The summed E-state index contributed by atoms with van der Waals surface area (Å²) < 4.78 is 0. The summed E-state index contributed by atoms with van der Waals surface area (Å²) >= 11 is 0. The highest BCUT2D eigenvalue weighted by atomic mass is 16.3. The number of allylic oxidation sites excluding steroid dienone is 2. The summed E-state index contributed by atoms with van der Waals surface area (Å²) in [5.74, 6) is -9.70. The monoisotopic (exact) mass is 1200 g/mol. The molecular formula is C62H111N11O12. The maximum absolute atomic E-state index is 15.1. The maximum Gasteiger partial charge on any atom is 0.248 e. The van der Waals surface area contributed by atoms with Crippen molar-refractivity contribution in [3.05, 3.63) is 12.2 Å². The second kappa shape index (κ2) is 34.9. The molecule has 1 saturated heterocycles. The minimum absolute atomic E-state index is 0.0305. The topological polar surface area (TPSA) is 279 Å². The first-order chi connectivity index (χ1) is 39.3. The van der Waals surface area contributed by atoms with Crippen LogP contribution in [0.15, 0.2) is 12.2 Å². The van der Waals surface area contributed by atoms with Crippen molar-refractivity contribution >= 4 is 65.0 Å². The first-order valence-corrected chi connectivity index (χ1v) is 30.7. The number of nitrogens with zero attached hydrogens (tertiary/aromatic N) is 7. The van der Waals surface area contributed by atoms with E-state index in [1.165, 1.54) is 87.6 Å². The molecule has 0 aliphatic carbocycles.